The summed E-state index contributed by atoms with van der Waals surface area (Å²) in [6.45, 7) is 4.24. The zero-order valence-corrected chi connectivity index (χ0v) is 16.7. The van der Waals surface area contributed by atoms with E-state index < -0.39 is 0 Å². The molecule has 0 aliphatic heterocycles. The number of hydrogen-bond donors (Lipinski definition) is 2. The zero-order valence-electron chi connectivity index (χ0n) is 15.1. The molecule has 2 heterocycles. The van der Waals surface area contributed by atoms with Crippen LogP contribution >= 0.6 is 15.9 Å². The second-order valence-corrected chi connectivity index (χ2v) is 6.76. The van der Waals surface area contributed by atoms with Gasteiger partial charge in [0.25, 0.3) is 0 Å². The van der Waals surface area contributed by atoms with Crippen molar-refractivity contribution in [3.8, 4) is 0 Å². The molecule has 0 bridgehead atoms. The van der Waals surface area contributed by atoms with Gasteiger partial charge in [-0.25, -0.2) is 4.98 Å². The number of hydrogen-bond acceptors (Lipinski definition) is 4. The topological polar surface area (TPSA) is 66.2 Å². The first-order chi connectivity index (χ1) is 12.1. The number of rotatable bonds is 9. The van der Waals surface area contributed by atoms with E-state index in [-0.39, 0.29) is 0 Å². The van der Waals surface area contributed by atoms with Gasteiger partial charge in [-0.05, 0) is 41.5 Å². The van der Waals surface area contributed by atoms with Crippen molar-refractivity contribution in [3.63, 3.8) is 0 Å². The maximum absolute atomic E-state index is 5.07. The molecule has 0 aliphatic carbocycles. The van der Waals surface area contributed by atoms with Crippen LogP contribution in [0.3, 0.4) is 0 Å². The predicted molar refractivity (Wildman–Crippen MR) is 105 cm³/mol. The highest BCUT2D eigenvalue weighted by Gasteiger charge is 2.04. The smallest absolute Gasteiger partial charge is 0.191 e. The molecular weight excluding hydrogens is 384 g/mol. The van der Waals surface area contributed by atoms with Crippen LogP contribution in [-0.2, 0) is 11.3 Å². The Morgan fingerprint density at radius 3 is 2.92 bits per heavy atom. The fraction of sp³-hybridized carbons (Fsp3) is 0.529. The van der Waals surface area contributed by atoms with E-state index in [9.17, 15) is 0 Å². The molecule has 0 spiro atoms. The van der Waals surface area contributed by atoms with Crippen molar-refractivity contribution >= 4 is 27.5 Å². The quantitative estimate of drug-likeness (QED) is 0.374. The summed E-state index contributed by atoms with van der Waals surface area (Å²) in [7, 11) is 5.62. The Kier molecular flexibility index (Phi) is 8.17. The molecular formula is C17H27BrN6O. The highest BCUT2D eigenvalue weighted by atomic mass is 79.9. The number of ether oxygens (including phenoxy) is 1. The second kappa shape index (κ2) is 10.4. The molecule has 0 unspecified atom stereocenters. The van der Waals surface area contributed by atoms with Gasteiger partial charge < -0.3 is 24.7 Å². The molecule has 0 atom stereocenters. The SMILES string of the molecule is CN=C(NCCN(C)CCCOC)NCc1cn2cc(Br)ccc2n1. The van der Waals surface area contributed by atoms with Crippen LogP contribution in [0.5, 0.6) is 0 Å². The third kappa shape index (κ3) is 6.64. The summed E-state index contributed by atoms with van der Waals surface area (Å²) >= 11 is 3.47. The number of pyridine rings is 1. The van der Waals surface area contributed by atoms with Gasteiger partial charge >= 0.3 is 0 Å². The van der Waals surface area contributed by atoms with Crippen molar-refractivity contribution in [2.75, 3.05) is 47.4 Å². The number of nitrogens with zero attached hydrogens (tertiary/aromatic N) is 4. The number of nitrogens with one attached hydrogen (secondary N) is 2. The third-order valence-electron chi connectivity index (χ3n) is 3.80. The Labute approximate surface area is 157 Å². The van der Waals surface area contributed by atoms with Gasteiger partial charge in [0.15, 0.2) is 5.96 Å². The fourth-order valence-corrected chi connectivity index (χ4v) is 2.81. The Morgan fingerprint density at radius 1 is 1.32 bits per heavy atom. The molecule has 0 saturated carbocycles. The Balaban J connectivity index is 1.74. The molecule has 138 valence electrons. The van der Waals surface area contributed by atoms with Crippen molar-refractivity contribution < 1.29 is 4.74 Å². The number of imidazole rings is 1. The van der Waals surface area contributed by atoms with Gasteiger partial charge in [0.2, 0.25) is 0 Å². The highest BCUT2D eigenvalue weighted by molar-refractivity contribution is 9.10. The second-order valence-electron chi connectivity index (χ2n) is 5.85. The molecule has 2 aromatic rings. The molecule has 0 saturated heterocycles. The van der Waals surface area contributed by atoms with Crippen LogP contribution in [-0.4, -0.2) is 67.7 Å². The lowest BCUT2D eigenvalue weighted by atomic mass is 10.4. The first-order valence-corrected chi connectivity index (χ1v) is 9.17. The average Bonchev–Trinajstić information content (AvgIpc) is 3.00. The van der Waals surface area contributed by atoms with Gasteiger partial charge in [0.05, 0.1) is 12.2 Å². The summed E-state index contributed by atoms with van der Waals surface area (Å²) in [4.78, 5) is 11.1. The Bertz CT molecular complexity index is 687. The van der Waals surface area contributed by atoms with Gasteiger partial charge in [-0.3, -0.25) is 4.99 Å². The number of aliphatic imine (C=N–C) groups is 1. The first-order valence-electron chi connectivity index (χ1n) is 8.37. The van der Waals surface area contributed by atoms with E-state index in [0.29, 0.717) is 6.54 Å². The minimum Gasteiger partial charge on any atom is -0.385 e. The molecule has 2 rings (SSSR count). The molecule has 7 nitrogen and oxygen atoms in total. The molecule has 0 amide bonds. The lowest BCUT2D eigenvalue weighted by Crippen LogP contribution is -2.40. The summed E-state index contributed by atoms with van der Waals surface area (Å²) in [5, 5.41) is 6.63. The molecule has 0 fully saturated rings. The van der Waals surface area contributed by atoms with Crippen LogP contribution in [0, 0.1) is 0 Å². The molecule has 25 heavy (non-hydrogen) atoms. The number of guanidine groups is 1. The number of fused-ring (bicyclic) bond motifs is 1. The van der Waals surface area contributed by atoms with Crippen molar-refractivity contribution in [1.29, 1.82) is 0 Å². The van der Waals surface area contributed by atoms with Crippen molar-refractivity contribution in [2.45, 2.75) is 13.0 Å². The van der Waals surface area contributed by atoms with Gasteiger partial charge in [-0.2, -0.15) is 0 Å². The number of aromatic nitrogens is 2. The third-order valence-corrected chi connectivity index (χ3v) is 4.27. The van der Waals surface area contributed by atoms with Crippen LogP contribution in [0.2, 0.25) is 0 Å². The zero-order chi connectivity index (χ0) is 18.1. The van der Waals surface area contributed by atoms with E-state index in [4.69, 9.17) is 4.74 Å². The lowest BCUT2D eigenvalue weighted by molar-refractivity contribution is 0.180. The Morgan fingerprint density at radius 2 is 2.16 bits per heavy atom. The monoisotopic (exact) mass is 410 g/mol. The summed E-state index contributed by atoms with van der Waals surface area (Å²) in [6, 6.07) is 3.98. The van der Waals surface area contributed by atoms with Crippen LogP contribution in [0.1, 0.15) is 12.1 Å². The van der Waals surface area contributed by atoms with E-state index in [2.05, 4.69) is 48.5 Å². The first kappa shape index (κ1) is 19.7. The lowest BCUT2D eigenvalue weighted by Gasteiger charge is -2.17. The normalized spacial score (nSPS) is 12.1. The van der Waals surface area contributed by atoms with E-state index in [0.717, 1.165) is 54.4 Å². The van der Waals surface area contributed by atoms with Gasteiger partial charge in [-0.15, -0.1) is 0 Å². The minimum atomic E-state index is 0.628. The molecule has 0 aromatic carbocycles. The molecule has 8 heteroatoms. The Hall–Kier alpha value is -1.64. The van der Waals surface area contributed by atoms with E-state index in [1.165, 1.54) is 0 Å². The van der Waals surface area contributed by atoms with Gasteiger partial charge in [-0.1, -0.05) is 0 Å². The minimum absolute atomic E-state index is 0.628. The summed E-state index contributed by atoms with van der Waals surface area (Å²) < 4.78 is 8.11. The van der Waals surface area contributed by atoms with Crippen molar-refractivity contribution in [3.05, 3.63) is 34.7 Å². The molecule has 0 radical (unpaired) electrons. The summed E-state index contributed by atoms with van der Waals surface area (Å²) in [6.07, 6.45) is 5.06. The van der Waals surface area contributed by atoms with Gasteiger partial charge in [0.1, 0.15) is 5.65 Å². The van der Waals surface area contributed by atoms with Crippen LogP contribution in [0.15, 0.2) is 34.0 Å². The standard InChI is InChI=1S/C17H27BrN6O/c1-19-17(20-7-9-23(2)8-4-10-25-3)21-11-15-13-24-12-14(18)5-6-16(24)22-15/h5-6,12-13H,4,7-11H2,1-3H3,(H2,19,20,21). The van der Waals surface area contributed by atoms with E-state index in [1.54, 1.807) is 14.2 Å². The van der Waals surface area contributed by atoms with Crippen LogP contribution in [0.25, 0.3) is 5.65 Å². The van der Waals surface area contributed by atoms with Crippen molar-refractivity contribution in [2.24, 2.45) is 4.99 Å². The van der Waals surface area contributed by atoms with E-state index >= 15 is 0 Å². The molecule has 2 N–H and O–H groups in total. The average molecular weight is 411 g/mol. The number of likely N-dealkylation sites (N-methyl/N-ethyl adjacent to an activating group) is 1. The highest BCUT2D eigenvalue weighted by Crippen LogP contribution is 2.12. The van der Waals surface area contributed by atoms with E-state index in [1.807, 2.05) is 28.9 Å². The predicted octanol–water partition coefficient (Wildman–Crippen LogP) is 1.73. The van der Waals surface area contributed by atoms with Crippen molar-refractivity contribution in [1.82, 2.24) is 24.9 Å². The number of halogens is 1. The maximum Gasteiger partial charge on any atom is 0.191 e. The summed E-state index contributed by atoms with van der Waals surface area (Å²) in [5.41, 5.74) is 1.90. The fourth-order valence-electron chi connectivity index (χ4n) is 2.45. The maximum atomic E-state index is 5.07. The largest absolute Gasteiger partial charge is 0.385 e. The van der Waals surface area contributed by atoms with Crippen LogP contribution in [0.4, 0.5) is 0 Å². The van der Waals surface area contributed by atoms with Gasteiger partial charge in [0, 0.05) is 57.3 Å². The van der Waals surface area contributed by atoms with Crippen LogP contribution < -0.4 is 10.6 Å². The molecule has 0 aliphatic rings. The number of methoxy groups -OCH3 is 1. The molecule has 2 aromatic heterocycles. The summed E-state index contributed by atoms with van der Waals surface area (Å²) in [5.74, 6) is 0.781.